The average molecular weight is 758 g/mol. The topological polar surface area (TPSA) is 61.5 Å². The van der Waals surface area contributed by atoms with Crippen molar-refractivity contribution in [1.82, 2.24) is 14.5 Å². The van der Waals surface area contributed by atoms with Gasteiger partial charge < -0.3 is 19.0 Å². The van der Waals surface area contributed by atoms with Gasteiger partial charge in [-0.05, 0) is 42.5 Å². The van der Waals surface area contributed by atoms with Crippen molar-refractivity contribution < 1.29 is 30.5 Å². The van der Waals surface area contributed by atoms with Gasteiger partial charge in [-0.2, -0.15) is 6.07 Å². The predicted octanol–water partition coefficient (Wildman–Crippen LogP) is 7.50. The van der Waals surface area contributed by atoms with E-state index < -0.39 is 0 Å². The summed E-state index contributed by atoms with van der Waals surface area (Å²) in [6.45, 7) is 8.81. The maximum absolute atomic E-state index is 6.48. The molecule has 5 heterocycles. The number of aryl methyl sites for hydroxylation is 2. The third-order valence-electron chi connectivity index (χ3n) is 9.73. The summed E-state index contributed by atoms with van der Waals surface area (Å²) < 4.78 is 15.0. The molecular weight excluding hydrogens is 728 g/mol. The summed E-state index contributed by atoms with van der Waals surface area (Å²) in [4.78, 5) is 14.4. The second-order valence-corrected chi connectivity index (χ2v) is 12.8. The van der Waals surface area contributed by atoms with Crippen LogP contribution in [0.15, 0.2) is 78.1 Å². The summed E-state index contributed by atoms with van der Waals surface area (Å²) in [7, 11) is 0. The molecule has 220 valence electrons. The molecule has 9 rings (SSSR count). The van der Waals surface area contributed by atoms with Crippen LogP contribution in [-0.4, -0.2) is 32.6 Å². The molecule has 0 radical (unpaired) electrons. The van der Waals surface area contributed by atoms with Crippen LogP contribution in [-0.2, 0) is 31.2 Å². The van der Waals surface area contributed by atoms with E-state index in [2.05, 4.69) is 97.9 Å². The van der Waals surface area contributed by atoms with E-state index in [1.165, 1.54) is 27.6 Å². The van der Waals surface area contributed by atoms with Gasteiger partial charge in [-0.1, -0.05) is 80.4 Å². The molecule has 2 aliphatic carbocycles. The molecule has 4 atom stereocenters. The summed E-state index contributed by atoms with van der Waals surface area (Å²) in [5.74, 6) is 3.57. The van der Waals surface area contributed by atoms with E-state index >= 15 is 0 Å². The summed E-state index contributed by atoms with van der Waals surface area (Å²) in [5.41, 5.74) is 7.27. The molecule has 7 heteroatoms. The molecule has 0 amide bonds. The molecule has 0 N–H and O–H groups in total. The molecule has 1 saturated carbocycles. The second kappa shape index (κ2) is 9.74. The maximum atomic E-state index is 6.48. The van der Waals surface area contributed by atoms with Gasteiger partial charge in [-0.25, -0.2) is 4.98 Å². The van der Waals surface area contributed by atoms with Gasteiger partial charge in [-0.15, -0.1) is 23.1 Å². The van der Waals surface area contributed by atoms with Crippen LogP contribution in [0.3, 0.4) is 0 Å². The van der Waals surface area contributed by atoms with Crippen LogP contribution in [0.2, 0.25) is 0 Å². The van der Waals surface area contributed by atoms with Crippen LogP contribution in [0.5, 0.6) is 11.5 Å². The Labute approximate surface area is 270 Å². The Bertz CT molecular complexity index is 2110. The molecule has 1 fully saturated rings. The fourth-order valence-electron chi connectivity index (χ4n) is 7.63. The fraction of sp³-hybridized carbons (Fsp3) is 0.270. The number of hydrogen-bond donors (Lipinski definition) is 0. The van der Waals surface area contributed by atoms with E-state index in [1.54, 1.807) is 6.20 Å². The summed E-state index contributed by atoms with van der Waals surface area (Å²) in [5, 5.41) is 2.36. The van der Waals surface area contributed by atoms with Crippen LogP contribution >= 0.6 is 0 Å². The molecule has 5 aromatic rings. The van der Waals surface area contributed by atoms with Gasteiger partial charge in [0.1, 0.15) is 17.8 Å². The Balaban J connectivity index is 0.00000289. The van der Waals surface area contributed by atoms with Crippen LogP contribution in [0.4, 0.5) is 0 Å². The minimum Gasteiger partial charge on any atom is -0.527 e. The van der Waals surface area contributed by atoms with Crippen LogP contribution in [0.1, 0.15) is 48.2 Å². The van der Waals surface area contributed by atoms with Crippen molar-refractivity contribution in [3.8, 4) is 17.3 Å². The van der Waals surface area contributed by atoms with E-state index in [4.69, 9.17) is 19.5 Å². The molecule has 4 aliphatic rings. The quantitative estimate of drug-likeness (QED) is 0.179. The van der Waals surface area contributed by atoms with Crippen molar-refractivity contribution in [2.75, 3.05) is 0 Å². The van der Waals surface area contributed by atoms with Crippen LogP contribution < -0.4 is 4.74 Å². The van der Waals surface area contributed by atoms with Gasteiger partial charge in [-0.3, -0.25) is 4.98 Å². The Kier molecular flexibility index (Phi) is 6.09. The maximum Gasteiger partial charge on any atom is 2.00 e. The van der Waals surface area contributed by atoms with Gasteiger partial charge in [0.25, 0.3) is 0 Å². The monoisotopic (exact) mass is 757 g/mol. The fourth-order valence-corrected chi connectivity index (χ4v) is 7.63. The van der Waals surface area contributed by atoms with Crippen molar-refractivity contribution in [2.24, 2.45) is 16.8 Å². The van der Waals surface area contributed by atoms with E-state index in [0.29, 0.717) is 34.9 Å². The van der Waals surface area contributed by atoms with Crippen LogP contribution in [0, 0.1) is 37.8 Å². The molecule has 0 saturated heterocycles. The van der Waals surface area contributed by atoms with Crippen molar-refractivity contribution in [1.29, 1.82) is 0 Å². The minimum atomic E-state index is -0.177. The molecule has 6 nitrogen and oxygen atoms in total. The first-order valence-corrected chi connectivity index (χ1v) is 15.0. The Morgan fingerprint density at radius 3 is 2.73 bits per heavy atom. The molecular formula is C37H30N4O2Pt. The SMILES string of the molecule is Cc1cc2c3c(c1)c1cc(C)c(Oc4[c-]c(C5=N[C@@H]6C7C=CC=CC7C[C@@H]6O5)ncc4)[c-]c1n3-c1ncccc1C2(C)C.[Pt+2]. The number of hydrogen-bond acceptors (Lipinski definition) is 5. The molecule has 3 aromatic heterocycles. The van der Waals surface area contributed by atoms with E-state index in [-0.39, 0.29) is 38.6 Å². The third kappa shape index (κ3) is 3.86. The van der Waals surface area contributed by atoms with E-state index in [9.17, 15) is 0 Å². The van der Waals surface area contributed by atoms with Crippen molar-refractivity contribution in [3.05, 3.63) is 113 Å². The van der Waals surface area contributed by atoms with Gasteiger partial charge in [0.2, 0.25) is 0 Å². The first kappa shape index (κ1) is 27.5. The van der Waals surface area contributed by atoms with E-state index in [1.807, 2.05) is 18.3 Å². The number of aromatic nitrogens is 3. The summed E-state index contributed by atoms with van der Waals surface area (Å²) in [6.07, 6.45) is 13.4. The third-order valence-corrected chi connectivity index (χ3v) is 9.73. The molecule has 2 aromatic carbocycles. The first-order chi connectivity index (χ1) is 20.9. The van der Waals surface area contributed by atoms with Crippen molar-refractivity contribution in [3.63, 3.8) is 0 Å². The first-order valence-electron chi connectivity index (χ1n) is 15.0. The Morgan fingerprint density at radius 1 is 0.977 bits per heavy atom. The summed E-state index contributed by atoms with van der Waals surface area (Å²) >= 11 is 0. The minimum absolute atomic E-state index is 0. The summed E-state index contributed by atoms with van der Waals surface area (Å²) in [6, 6.07) is 19.9. The van der Waals surface area contributed by atoms with Gasteiger partial charge >= 0.3 is 21.1 Å². The van der Waals surface area contributed by atoms with Crippen molar-refractivity contribution in [2.45, 2.75) is 51.7 Å². The Hall–Kier alpha value is -4.02. The number of nitrogens with zero attached hydrogens (tertiary/aromatic N) is 4. The van der Waals surface area contributed by atoms with Gasteiger partial charge in [0.15, 0.2) is 0 Å². The molecule has 2 aliphatic heterocycles. The normalized spacial score (nSPS) is 23.5. The number of allylic oxidation sites excluding steroid dienone is 3. The molecule has 44 heavy (non-hydrogen) atoms. The average Bonchev–Trinajstić information content (AvgIpc) is 3.66. The zero-order valence-electron chi connectivity index (χ0n) is 24.9. The van der Waals surface area contributed by atoms with Crippen LogP contribution in [0.25, 0.3) is 27.6 Å². The second-order valence-electron chi connectivity index (χ2n) is 12.8. The zero-order chi connectivity index (χ0) is 29.0. The number of benzene rings is 2. The zero-order valence-corrected chi connectivity index (χ0v) is 27.1. The Morgan fingerprint density at radius 2 is 1.84 bits per heavy atom. The number of fused-ring (bicyclic) bond motifs is 8. The van der Waals surface area contributed by atoms with Gasteiger partial charge in [0.05, 0.1) is 6.04 Å². The smallest absolute Gasteiger partial charge is 0.527 e. The number of rotatable bonds is 3. The molecule has 0 spiro atoms. The molecule has 2 unspecified atom stereocenters. The van der Waals surface area contributed by atoms with E-state index in [0.717, 1.165) is 28.7 Å². The number of ether oxygens (including phenoxy) is 2. The molecule has 0 bridgehead atoms. The number of aliphatic imine (C=N–C) groups is 1. The predicted molar refractivity (Wildman–Crippen MR) is 167 cm³/mol. The number of pyridine rings is 2. The standard InChI is InChI=1S/C37H30N4O2.Pt/c1-20-14-26-25-16-21(2)31(19-30(25)41-34(26)28(15-20)37(3,4)27-10-7-12-39-35(27)41)42-23-11-13-38-29(18-23)36-40-33-24-9-6-5-8-22(24)17-32(33)43-36;/h5-16,22,24,32-33H,17H2,1-4H3;/q-2;+2/t22?,24?,32-,33+;/m0./s1. The van der Waals surface area contributed by atoms with Gasteiger partial charge in [0, 0.05) is 45.8 Å². The largest absolute Gasteiger partial charge is 2.00 e. The van der Waals surface area contributed by atoms with Crippen molar-refractivity contribution >= 4 is 27.7 Å².